The van der Waals surface area contributed by atoms with E-state index in [9.17, 15) is 9.18 Å². The predicted molar refractivity (Wildman–Crippen MR) is 73.0 cm³/mol. The minimum absolute atomic E-state index is 0.0149. The summed E-state index contributed by atoms with van der Waals surface area (Å²) in [5, 5.41) is 6.36. The van der Waals surface area contributed by atoms with E-state index in [-0.39, 0.29) is 11.6 Å². The first-order valence-corrected chi connectivity index (χ1v) is 6.60. The molecule has 1 aromatic carbocycles. The van der Waals surface area contributed by atoms with Crippen molar-refractivity contribution < 1.29 is 9.18 Å². The van der Waals surface area contributed by atoms with Crippen LogP contribution in [0.25, 0.3) is 0 Å². The van der Waals surface area contributed by atoms with E-state index in [2.05, 4.69) is 15.5 Å². The number of piperazine rings is 1. The van der Waals surface area contributed by atoms with Crippen LogP contribution in [0.2, 0.25) is 5.02 Å². The molecule has 2 N–H and O–H groups in total. The fourth-order valence-electron chi connectivity index (χ4n) is 2.07. The third-order valence-corrected chi connectivity index (χ3v) is 3.55. The second-order valence-electron chi connectivity index (χ2n) is 4.67. The van der Waals surface area contributed by atoms with E-state index in [1.54, 1.807) is 0 Å². The summed E-state index contributed by atoms with van der Waals surface area (Å²) in [6.45, 7) is 3.18. The van der Waals surface area contributed by atoms with Crippen LogP contribution in [0, 0.1) is 5.82 Å². The molecule has 0 saturated carbocycles. The molecule has 104 valence electrons. The quantitative estimate of drug-likeness (QED) is 0.875. The molecule has 2 rings (SSSR count). The number of likely N-dealkylation sites (N-methyl/N-ethyl adjacent to an activating group) is 1. The molecule has 1 saturated heterocycles. The van der Waals surface area contributed by atoms with Gasteiger partial charge in [-0.1, -0.05) is 11.6 Å². The standard InChI is InChI=1S/C13H17ClFN3O/c1-18-5-4-16-7-10(18)8-17-13(19)11-6-9(14)2-3-12(11)15/h2-3,6,10,16H,4-5,7-8H2,1H3,(H,17,19). The third kappa shape index (κ3) is 3.65. The number of hydrogen-bond donors (Lipinski definition) is 2. The Hall–Kier alpha value is -1.17. The van der Waals surface area contributed by atoms with Crippen LogP contribution in [0.4, 0.5) is 4.39 Å². The normalized spacial score (nSPS) is 20.3. The predicted octanol–water partition coefficient (Wildman–Crippen LogP) is 1.11. The molecule has 1 aliphatic heterocycles. The van der Waals surface area contributed by atoms with Crippen molar-refractivity contribution in [3.05, 3.63) is 34.6 Å². The van der Waals surface area contributed by atoms with Gasteiger partial charge in [0.15, 0.2) is 0 Å². The molecule has 1 aromatic rings. The van der Waals surface area contributed by atoms with Crippen LogP contribution in [0.1, 0.15) is 10.4 Å². The first-order valence-electron chi connectivity index (χ1n) is 6.22. The van der Waals surface area contributed by atoms with Gasteiger partial charge in [0.1, 0.15) is 5.82 Å². The van der Waals surface area contributed by atoms with Crippen LogP contribution in [0.15, 0.2) is 18.2 Å². The van der Waals surface area contributed by atoms with Gasteiger partial charge < -0.3 is 10.6 Å². The fourth-order valence-corrected chi connectivity index (χ4v) is 2.24. The molecule has 1 atom stereocenters. The molecule has 1 fully saturated rings. The molecule has 0 aromatic heterocycles. The van der Waals surface area contributed by atoms with Crippen LogP contribution in [0.5, 0.6) is 0 Å². The Bertz CT molecular complexity index is 469. The Morgan fingerprint density at radius 2 is 2.42 bits per heavy atom. The number of nitrogens with one attached hydrogen (secondary N) is 2. The van der Waals surface area contributed by atoms with Gasteiger partial charge in [-0.05, 0) is 25.2 Å². The molecule has 0 bridgehead atoms. The summed E-state index contributed by atoms with van der Waals surface area (Å²) in [4.78, 5) is 14.1. The second kappa shape index (κ2) is 6.32. The largest absolute Gasteiger partial charge is 0.350 e. The Labute approximate surface area is 116 Å². The molecule has 1 amide bonds. The summed E-state index contributed by atoms with van der Waals surface area (Å²) in [6.07, 6.45) is 0. The summed E-state index contributed by atoms with van der Waals surface area (Å²) < 4.78 is 13.5. The number of amides is 1. The lowest BCUT2D eigenvalue weighted by atomic mass is 10.1. The SMILES string of the molecule is CN1CCNCC1CNC(=O)c1cc(Cl)ccc1F. The topological polar surface area (TPSA) is 44.4 Å². The van der Waals surface area contributed by atoms with E-state index in [0.29, 0.717) is 11.6 Å². The molecule has 6 heteroatoms. The second-order valence-corrected chi connectivity index (χ2v) is 5.11. The van der Waals surface area contributed by atoms with Crippen molar-refractivity contribution in [1.29, 1.82) is 0 Å². The number of benzene rings is 1. The van der Waals surface area contributed by atoms with Crippen molar-refractivity contribution in [1.82, 2.24) is 15.5 Å². The average molecular weight is 286 g/mol. The van der Waals surface area contributed by atoms with Crippen molar-refractivity contribution in [2.45, 2.75) is 6.04 Å². The van der Waals surface area contributed by atoms with E-state index < -0.39 is 11.7 Å². The van der Waals surface area contributed by atoms with Crippen LogP contribution < -0.4 is 10.6 Å². The van der Waals surface area contributed by atoms with Gasteiger partial charge in [0.25, 0.3) is 5.91 Å². The molecule has 0 aliphatic carbocycles. The van der Waals surface area contributed by atoms with E-state index >= 15 is 0 Å². The lowest BCUT2D eigenvalue weighted by Crippen LogP contribution is -2.54. The maximum Gasteiger partial charge on any atom is 0.254 e. The smallest absolute Gasteiger partial charge is 0.254 e. The van der Waals surface area contributed by atoms with Gasteiger partial charge in [0.05, 0.1) is 5.56 Å². The van der Waals surface area contributed by atoms with Crippen LogP contribution >= 0.6 is 11.6 Å². The summed E-state index contributed by atoms with van der Waals surface area (Å²) in [6, 6.07) is 4.19. The van der Waals surface area contributed by atoms with Gasteiger partial charge >= 0.3 is 0 Å². The van der Waals surface area contributed by atoms with Crippen molar-refractivity contribution >= 4 is 17.5 Å². The lowest BCUT2D eigenvalue weighted by Gasteiger charge is -2.33. The number of halogens is 2. The highest BCUT2D eigenvalue weighted by atomic mass is 35.5. The molecule has 1 heterocycles. The van der Waals surface area contributed by atoms with Crippen molar-refractivity contribution in [2.24, 2.45) is 0 Å². The van der Waals surface area contributed by atoms with Gasteiger partial charge in [-0.2, -0.15) is 0 Å². The van der Waals surface area contributed by atoms with E-state index in [4.69, 9.17) is 11.6 Å². The lowest BCUT2D eigenvalue weighted by molar-refractivity contribution is 0.0929. The Morgan fingerprint density at radius 3 is 3.16 bits per heavy atom. The van der Waals surface area contributed by atoms with E-state index in [0.717, 1.165) is 19.6 Å². The number of nitrogens with zero attached hydrogens (tertiary/aromatic N) is 1. The van der Waals surface area contributed by atoms with Crippen LogP contribution in [-0.2, 0) is 0 Å². The molecular formula is C13H17ClFN3O. The van der Waals surface area contributed by atoms with E-state index in [1.807, 2.05) is 7.05 Å². The van der Waals surface area contributed by atoms with Gasteiger partial charge in [0, 0.05) is 37.2 Å². The fraction of sp³-hybridized carbons (Fsp3) is 0.462. The number of carbonyl (C=O) groups excluding carboxylic acids is 1. The van der Waals surface area contributed by atoms with Gasteiger partial charge in [-0.25, -0.2) is 4.39 Å². The third-order valence-electron chi connectivity index (χ3n) is 3.32. The van der Waals surface area contributed by atoms with E-state index in [1.165, 1.54) is 18.2 Å². The highest BCUT2D eigenvalue weighted by Crippen LogP contribution is 2.14. The molecule has 0 radical (unpaired) electrons. The van der Waals surface area contributed by atoms with Crippen LogP contribution in [0.3, 0.4) is 0 Å². The molecule has 0 spiro atoms. The van der Waals surface area contributed by atoms with Gasteiger partial charge in [-0.3, -0.25) is 9.69 Å². The molecule has 1 unspecified atom stereocenters. The van der Waals surface area contributed by atoms with Crippen molar-refractivity contribution in [3.8, 4) is 0 Å². The zero-order chi connectivity index (χ0) is 13.8. The zero-order valence-corrected chi connectivity index (χ0v) is 11.5. The number of rotatable bonds is 3. The first-order chi connectivity index (χ1) is 9.08. The molecule has 19 heavy (non-hydrogen) atoms. The highest BCUT2D eigenvalue weighted by Gasteiger charge is 2.20. The maximum absolute atomic E-state index is 13.5. The summed E-state index contributed by atoms with van der Waals surface area (Å²) in [5.74, 6) is -0.990. The average Bonchev–Trinajstić information content (AvgIpc) is 2.40. The maximum atomic E-state index is 13.5. The van der Waals surface area contributed by atoms with Gasteiger partial charge in [0.2, 0.25) is 0 Å². The minimum Gasteiger partial charge on any atom is -0.350 e. The summed E-state index contributed by atoms with van der Waals surface area (Å²) in [5.41, 5.74) is -0.0149. The van der Waals surface area contributed by atoms with Gasteiger partial charge in [-0.15, -0.1) is 0 Å². The highest BCUT2D eigenvalue weighted by molar-refractivity contribution is 6.30. The number of carbonyl (C=O) groups is 1. The Morgan fingerprint density at radius 1 is 1.63 bits per heavy atom. The molecule has 1 aliphatic rings. The first kappa shape index (κ1) is 14.2. The Balaban J connectivity index is 1.95. The Kier molecular flexibility index (Phi) is 4.74. The number of hydrogen-bond acceptors (Lipinski definition) is 3. The zero-order valence-electron chi connectivity index (χ0n) is 10.7. The molecular weight excluding hydrogens is 269 g/mol. The summed E-state index contributed by atoms with van der Waals surface area (Å²) in [7, 11) is 2.01. The van der Waals surface area contributed by atoms with Crippen molar-refractivity contribution in [2.75, 3.05) is 33.2 Å². The van der Waals surface area contributed by atoms with Crippen LogP contribution in [-0.4, -0.2) is 50.1 Å². The minimum atomic E-state index is -0.558. The van der Waals surface area contributed by atoms with Crippen molar-refractivity contribution in [3.63, 3.8) is 0 Å². The monoisotopic (exact) mass is 285 g/mol. The molecule has 4 nitrogen and oxygen atoms in total. The summed E-state index contributed by atoms with van der Waals surface area (Å²) >= 11 is 5.77.